The number of likely N-dealkylation sites (tertiary alicyclic amines) is 1. The van der Waals surface area contributed by atoms with Gasteiger partial charge in [-0.05, 0) is 55.9 Å². The van der Waals surface area contributed by atoms with Gasteiger partial charge in [-0.3, -0.25) is 9.88 Å². The summed E-state index contributed by atoms with van der Waals surface area (Å²) in [5, 5.41) is 3.25. The lowest BCUT2D eigenvalue weighted by Crippen LogP contribution is -2.68. The van der Waals surface area contributed by atoms with E-state index in [-0.39, 0.29) is 29.7 Å². The van der Waals surface area contributed by atoms with Gasteiger partial charge in [0.2, 0.25) is 0 Å². The highest BCUT2D eigenvalue weighted by Crippen LogP contribution is 2.48. The highest BCUT2D eigenvalue weighted by Gasteiger charge is 2.52. The zero-order valence-electron chi connectivity index (χ0n) is 22.2. The predicted octanol–water partition coefficient (Wildman–Crippen LogP) is 4.92. The number of carbonyl (C=O) groups is 1. The maximum absolute atomic E-state index is 13.2. The van der Waals surface area contributed by atoms with Crippen molar-refractivity contribution in [3.63, 3.8) is 0 Å². The minimum Gasteiger partial charge on any atom is -0.349 e. The van der Waals surface area contributed by atoms with Gasteiger partial charge in [0, 0.05) is 50.8 Å². The molecule has 10 heteroatoms. The van der Waals surface area contributed by atoms with Crippen LogP contribution in [0.25, 0.3) is 11.0 Å². The number of carbonyl (C=O) groups excluding carboxylic acids is 1. The standard InChI is InChI=1S/C29H33F3N6O/c1-19-15-38(27(39)34-23-11-28(12-23)17-36(18-28)16-21-6-4-3-5-7-21)20(2)14-37(19)26-13-33-25-10-22(29(30,31)32)8-9-24(25)35-26/h3-10,13,19-20,23H,11-12,14-18H2,1-2H3,(H,34,39)/t19-,20+/m0/s1. The molecule has 2 aromatic carbocycles. The Morgan fingerprint density at radius 2 is 1.77 bits per heavy atom. The van der Waals surface area contributed by atoms with Gasteiger partial charge in [-0.1, -0.05) is 30.3 Å². The summed E-state index contributed by atoms with van der Waals surface area (Å²) in [5.41, 5.74) is 1.57. The fourth-order valence-electron chi connectivity index (χ4n) is 6.50. The number of halogens is 3. The topological polar surface area (TPSA) is 64.6 Å². The summed E-state index contributed by atoms with van der Waals surface area (Å²) in [4.78, 5) is 28.5. The normalized spacial score (nSPS) is 23.5. The molecule has 206 valence electrons. The molecule has 6 rings (SSSR count). The number of fused-ring (bicyclic) bond motifs is 1. The summed E-state index contributed by atoms with van der Waals surface area (Å²) >= 11 is 0. The number of aromatic nitrogens is 2. The second-order valence-corrected chi connectivity index (χ2v) is 11.6. The molecule has 3 fully saturated rings. The van der Waals surface area contributed by atoms with Crippen LogP contribution in [0.1, 0.15) is 37.8 Å². The van der Waals surface area contributed by atoms with Crippen LogP contribution >= 0.6 is 0 Å². The number of amides is 2. The van der Waals surface area contributed by atoms with E-state index in [9.17, 15) is 18.0 Å². The van der Waals surface area contributed by atoms with Gasteiger partial charge < -0.3 is 15.1 Å². The summed E-state index contributed by atoms with van der Waals surface area (Å²) < 4.78 is 39.1. The minimum absolute atomic E-state index is 0.0148. The van der Waals surface area contributed by atoms with Crippen molar-refractivity contribution in [2.75, 3.05) is 31.1 Å². The van der Waals surface area contributed by atoms with Crippen molar-refractivity contribution in [1.82, 2.24) is 25.1 Å². The first-order valence-electron chi connectivity index (χ1n) is 13.5. The fraction of sp³-hybridized carbons (Fsp3) is 0.483. The average molecular weight is 539 g/mol. The van der Waals surface area contributed by atoms with E-state index in [1.54, 1.807) is 0 Å². The molecule has 0 unspecified atom stereocenters. The molecule has 2 amide bonds. The van der Waals surface area contributed by atoms with Gasteiger partial charge in [0.05, 0.1) is 22.8 Å². The van der Waals surface area contributed by atoms with E-state index in [1.807, 2.05) is 24.8 Å². The van der Waals surface area contributed by atoms with E-state index < -0.39 is 11.7 Å². The molecule has 39 heavy (non-hydrogen) atoms. The van der Waals surface area contributed by atoms with Crippen LogP contribution in [0.2, 0.25) is 0 Å². The van der Waals surface area contributed by atoms with E-state index in [0.717, 1.165) is 44.6 Å². The van der Waals surface area contributed by atoms with Crippen molar-refractivity contribution < 1.29 is 18.0 Å². The lowest BCUT2D eigenvalue weighted by Gasteiger charge is -2.59. The van der Waals surface area contributed by atoms with Gasteiger partial charge in [-0.2, -0.15) is 13.2 Å². The fourth-order valence-corrected chi connectivity index (χ4v) is 6.50. The molecule has 1 spiro atoms. The van der Waals surface area contributed by atoms with Gasteiger partial charge in [-0.15, -0.1) is 0 Å². The average Bonchev–Trinajstić information content (AvgIpc) is 2.86. The lowest BCUT2D eigenvalue weighted by atomic mass is 9.60. The van der Waals surface area contributed by atoms with Crippen molar-refractivity contribution in [3.05, 3.63) is 65.9 Å². The molecule has 1 saturated carbocycles. The largest absolute Gasteiger partial charge is 0.416 e. The smallest absolute Gasteiger partial charge is 0.349 e. The number of anilines is 1. The van der Waals surface area contributed by atoms with E-state index in [0.29, 0.717) is 29.8 Å². The molecule has 1 N–H and O–H groups in total. The summed E-state index contributed by atoms with van der Waals surface area (Å²) in [7, 11) is 0. The monoisotopic (exact) mass is 538 g/mol. The van der Waals surface area contributed by atoms with Crippen molar-refractivity contribution >= 4 is 22.9 Å². The zero-order valence-corrected chi connectivity index (χ0v) is 22.2. The number of nitrogens with zero attached hydrogens (tertiary/aromatic N) is 5. The number of urea groups is 1. The Bertz CT molecular complexity index is 1350. The van der Waals surface area contributed by atoms with E-state index in [1.165, 1.54) is 17.8 Å². The van der Waals surface area contributed by atoms with Crippen LogP contribution in [0.4, 0.5) is 23.8 Å². The number of hydrogen-bond donors (Lipinski definition) is 1. The van der Waals surface area contributed by atoms with E-state index in [4.69, 9.17) is 0 Å². The van der Waals surface area contributed by atoms with Crippen LogP contribution < -0.4 is 10.2 Å². The first-order chi connectivity index (χ1) is 18.6. The lowest BCUT2D eigenvalue weighted by molar-refractivity contribution is -0.137. The summed E-state index contributed by atoms with van der Waals surface area (Å²) in [6.07, 6.45) is -0.849. The molecule has 7 nitrogen and oxygen atoms in total. The Kier molecular flexibility index (Phi) is 6.40. The van der Waals surface area contributed by atoms with Crippen molar-refractivity contribution in [2.24, 2.45) is 5.41 Å². The second kappa shape index (κ2) is 9.66. The quantitative estimate of drug-likeness (QED) is 0.511. The molecule has 1 aliphatic carbocycles. The molecule has 0 bridgehead atoms. The molecule has 2 aliphatic heterocycles. The first-order valence-corrected chi connectivity index (χ1v) is 13.5. The van der Waals surface area contributed by atoms with E-state index in [2.05, 4.69) is 49.4 Å². The Labute approximate surface area is 226 Å². The zero-order chi connectivity index (χ0) is 27.4. The molecule has 2 atom stereocenters. The van der Waals surface area contributed by atoms with Crippen molar-refractivity contribution in [3.8, 4) is 0 Å². The molecule has 3 aromatic rings. The van der Waals surface area contributed by atoms with Gasteiger partial charge in [-0.25, -0.2) is 9.78 Å². The highest BCUT2D eigenvalue weighted by atomic mass is 19.4. The summed E-state index contributed by atoms with van der Waals surface area (Å²) in [6.45, 7) is 8.29. The van der Waals surface area contributed by atoms with Gasteiger partial charge in [0.1, 0.15) is 5.82 Å². The Hall–Kier alpha value is -3.40. The predicted molar refractivity (Wildman–Crippen MR) is 143 cm³/mol. The van der Waals surface area contributed by atoms with Crippen LogP contribution in [0.15, 0.2) is 54.7 Å². The van der Waals surface area contributed by atoms with Crippen LogP contribution in [0.5, 0.6) is 0 Å². The third kappa shape index (κ3) is 5.14. The van der Waals surface area contributed by atoms with Crippen molar-refractivity contribution in [2.45, 2.75) is 57.5 Å². The molecular weight excluding hydrogens is 505 g/mol. The maximum atomic E-state index is 13.2. The van der Waals surface area contributed by atoms with Crippen molar-refractivity contribution in [1.29, 1.82) is 0 Å². The summed E-state index contributed by atoms with van der Waals surface area (Å²) in [6, 6.07) is 14.1. The maximum Gasteiger partial charge on any atom is 0.416 e. The van der Waals surface area contributed by atoms with Crippen LogP contribution in [-0.4, -0.2) is 70.1 Å². The number of hydrogen-bond acceptors (Lipinski definition) is 5. The Morgan fingerprint density at radius 3 is 2.49 bits per heavy atom. The minimum atomic E-state index is -4.42. The number of nitrogens with one attached hydrogen (secondary N) is 1. The van der Waals surface area contributed by atoms with Crippen LogP contribution in [0, 0.1) is 5.41 Å². The van der Waals surface area contributed by atoms with E-state index >= 15 is 0 Å². The molecule has 0 radical (unpaired) electrons. The number of piperazine rings is 1. The Balaban J connectivity index is 1.02. The van der Waals surface area contributed by atoms with Gasteiger partial charge >= 0.3 is 12.2 Å². The van der Waals surface area contributed by atoms with Gasteiger partial charge in [0.15, 0.2) is 0 Å². The second-order valence-electron chi connectivity index (χ2n) is 11.6. The molecular formula is C29H33F3N6O. The number of alkyl halides is 3. The summed E-state index contributed by atoms with van der Waals surface area (Å²) in [5.74, 6) is 0.604. The van der Waals surface area contributed by atoms with Crippen LogP contribution in [0.3, 0.4) is 0 Å². The van der Waals surface area contributed by atoms with Gasteiger partial charge in [0.25, 0.3) is 0 Å². The molecule has 2 saturated heterocycles. The SMILES string of the molecule is C[C@@H]1CN(c2cnc3cc(C(F)(F)F)ccc3n2)[C@@H](C)CN1C(=O)NC1CC2(C1)CN(Cc1ccccc1)C2. The highest BCUT2D eigenvalue weighted by molar-refractivity contribution is 5.77. The Morgan fingerprint density at radius 1 is 1.03 bits per heavy atom. The molecule has 3 aliphatic rings. The van der Waals surface area contributed by atoms with Crippen LogP contribution in [-0.2, 0) is 12.7 Å². The third-order valence-corrected chi connectivity index (χ3v) is 8.45. The molecule has 3 heterocycles. The molecule has 1 aromatic heterocycles. The third-order valence-electron chi connectivity index (χ3n) is 8.45. The number of rotatable bonds is 4. The first kappa shape index (κ1) is 25.9. The number of benzene rings is 2.